The van der Waals surface area contributed by atoms with Crippen molar-refractivity contribution in [2.45, 2.75) is 13.1 Å². The lowest BCUT2D eigenvalue weighted by atomic mass is 10.1. The van der Waals surface area contributed by atoms with Crippen molar-refractivity contribution in [2.24, 2.45) is 5.73 Å². The lowest BCUT2D eigenvalue weighted by Gasteiger charge is -2.02. The molecule has 0 spiro atoms. The molecule has 3 rings (SSSR count). The predicted molar refractivity (Wildman–Crippen MR) is 66.1 cm³/mol. The Kier molecular flexibility index (Phi) is 1.94. The van der Waals surface area contributed by atoms with Crippen LogP contribution in [-0.2, 0) is 0 Å². The second kappa shape index (κ2) is 3.32. The largest absolute Gasteiger partial charge is 0.310 e. The number of hydrogen-bond donors (Lipinski definition) is 1. The van der Waals surface area contributed by atoms with Crippen LogP contribution < -0.4 is 5.73 Å². The Morgan fingerprint density at radius 3 is 2.69 bits per heavy atom. The van der Waals surface area contributed by atoms with E-state index < -0.39 is 0 Å². The maximum Gasteiger partial charge on any atom is 0.100 e. The molecule has 16 heavy (non-hydrogen) atoms. The second-order valence-electron chi connectivity index (χ2n) is 4.07. The number of rotatable bonds is 1. The van der Waals surface area contributed by atoms with Crippen LogP contribution in [0, 0.1) is 0 Å². The van der Waals surface area contributed by atoms with Crippen LogP contribution in [0.1, 0.15) is 13.1 Å². The van der Waals surface area contributed by atoms with Gasteiger partial charge in [-0.05, 0) is 12.3 Å². The minimum Gasteiger partial charge on any atom is -0.310 e. The first-order chi connectivity index (χ1) is 7.75. The summed E-state index contributed by atoms with van der Waals surface area (Å²) in [6.45, 7) is 1.92. The van der Waals surface area contributed by atoms with Gasteiger partial charge in [0.05, 0.1) is 6.17 Å². The van der Waals surface area contributed by atoms with Crippen molar-refractivity contribution in [1.82, 2.24) is 9.78 Å². The lowest BCUT2D eigenvalue weighted by Crippen LogP contribution is -2.14. The number of nitrogens with zero attached hydrogens (tertiary/aromatic N) is 2. The van der Waals surface area contributed by atoms with Gasteiger partial charge >= 0.3 is 0 Å². The van der Waals surface area contributed by atoms with Crippen LogP contribution in [0.25, 0.3) is 21.7 Å². The van der Waals surface area contributed by atoms with Gasteiger partial charge < -0.3 is 5.73 Å². The Bertz CT molecular complexity index is 652. The fourth-order valence-electron chi connectivity index (χ4n) is 1.98. The summed E-state index contributed by atoms with van der Waals surface area (Å²) in [5, 5.41) is 8.06. The number of nitrogens with two attached hydrogens (primary N) is 1. The summed E-state index contributed by atoms with van der Waals surface area (Å²) in [5.41, 5.74) is 6.85. The van der Waals surface area contributed by atoms with Crippen LogP contribution in [0.5, 0.6) is 0 Å². The first-order valence-corrected chi connectivity index (χ1v) is 5.38. The van der Waals surface area contributed by atoms with Gasteiger partial charge in [-0.15, -0.1) is 0 Å². The number of hydrogen-bond acceptors (Lipinski definition) is 2. The molecule has 2 N–H and O–H groups in total. The van der Waals surface area contributed by atoms with Crippen molar-refractivity contribution in [1.29, 1.82) is 0 Å². The van der Waals surface area contributed by atoms with Crippen LogP contribution in [0.15, 0.2) is 42.6 Å². The van der Waals surface area contributed by atoms with Gasteiger partial charge in [0.1, 0.15) is 5.52 Å². The zero-order valence-electron chi connectivity index (χ0n) is 9.09. The van der Waals surface area contributed by atoms with Gasteiger partial charge in [-0.3, -0.25) is 4.68 Å². The smallest absolute Gasteiger partial charge is 0.100 e. The maximum absolute atomic E-state index is 5.82. The van der Waals surface area contributed by atoms with E-state index in [1.807, 2.05) is 25.3 Å². The van der Waals surface area contributed by atoms with E-state index in [4.69, 9.17) is 5.73 Å². The molecule has 1 atom stereocenters. The molecule has 0 radical (unpaired) electrons. The van der Waals surface area contributed by atoms with E-state index in [1.165, 1.54) is 10.8 Å². The molecule has 1 heterocycles. The average Bonchev–Trinajstić information content (AvgIpc) is 2.73. The Labute approximate surface area is 93.5 Å². The minimum absolute atomic E-state index is 0.0915. The molecule has 0 aliphatic rings. The van der Waals surface area contributed by atoms with Crippen LogP contribution in [0.3, 0.4) is 0 Å². The third kappa shape index (κ3) is 1.29. The van der Waals surface area contributed by atoms with E-state index in [9.17, 15) is 0 Å². The molecule has 2 aromatic carbocycles. The van der Waals surface area contributed by atoms with E-state index in [0.717, 1.165) is 10.9 Å². The standard InChI is InChI=1S/C13H13N3/c1-9(14)16-8-11-7-6-10-4-2-3-5-12(10)13(11)15-16/h2-9H,14H2,1H3. The van der Waals surface area contributed by atoms with Crippen LogP contribution in [0.2, 0.25) is 0 Å². The van der Waals surface area contributed by atoms with Crippen LogP contribution in [0.4, 0.5) is 0 Å². The highest BCUT2D eigenvalue weighted by atomic mass is 15.3. The van der Waals surface area contributed by atoms with Gasteiger partial charge in [0.25, 0.3) is 0 Å². The third-order valence-corrected chi connectivity index (χ3v) is 2.84. The quantitative estimate of drug-likeness (QED) is 0.672. The molecule has 80 valence electrons. The molecule has 0 fully saturated rings. The SMILES string of the molecule is CC(N)n1cc2ccc3ccccc3c2n1. The summed E-state index contributed by atoms with van der Waals surface area (Å²) in [7, 11) is 0. The fraction of sp³-hybridized carbons (Fsp3) is 0.154. The van der Waals surface area contributed by atoms with Crippen molar-refractivity contribution in [3.05, 3.63) is 42.6 Å². The van der Waals surface area contributed by atoms with Crippen molar-refractivity contribution >= 4 is 21.7 Å². The first-order valence-electron chi connectivity index (χ1n) is 5.38. The minimum atomic E-state index is -0.0915. The predicted octanol–water partition coefficient (Wildman–Crippen LogP) is 2.67. The number of fused-ring (bicyclic) bond motifs is 3. The van der Waals surface area contributed by atoms with Crippen molar-refractivity contribution < 1.29 is 0 Å². The van der Waals surface area contributed by atoms with E-state index in [2.05, 4.69) is 29.4 Å². The summed E-state index contributed by atoms with van der Waals surface area (Å²) >= 11 is 0. The van der Waals surface area contributed by atoms with Gasteiger partial charge in [-0.2, -0.15) is 5.10 Å². The zero-order chi connectivity index (χ0) is 11.1. The molecule has 0 saturated carbocycles. The Morgan fingerprint density at radius 2 is 1.88 bits per heavy atom. The molecule has 0 aliphatic carbocycles. The summed E-state index contributed by atoms with van der Waals surface area (Å²) in [6.07, 6.45) is 1.90. The Morgan fingerprint density at radius 1 is 1.12 bits per heavy atom. The summed E-state index contributed by atoms with van der Waals surface area (Å²) < 4.78 is 1.80. The molecule has 3 aromatic rings. The van der Waals surface area contributed by atoms with Gasteiger partial charge in [-0.1, -0.05) is 36.4 Å². The molecular formula is C13H13N3. The van der Waals surface area contributed by atoms with Crippen molar-refractivity contribution in [2.75, 3.05) is 0 Å². The first kappa shape index (κ1) is 9.36. The van der Waals surface area contributed by atoms with E-state index in [0.29, 0.717) is 0 Å². The average molecular weight is 211 g/mol. The van der Waals surface area contributed by atoms with E-state index >= 15 is 0 Å². The Balaban J connectivity index is 2.41. The van der Waals surface area contributed by atoms with Crippen LogP contribution >= 0.6 is 0 Å². The molecule has 1 unspecified atom stereocenters. The van der Waals surface area contributed by atoms with Gasteiger partial charge in [-0.25, -0.2) is 0 Å². The van der Waals surface area contributed by atoms with Crippen molar-refractivity contribution in [3.8, 4) is 0 Å². The lowest BCUT2D eigenvalue weighted by molar-refractivity contribution is 0.514. The Hall–Kier alpha value is -1.87. The third-order valence-electron chi connectivity index (χ3n) is 2.84. The zero-order valence-corrected chi connectivity index (χ0v) is 9.09. The monoisotopic (exact) mass is 211 g/mol. The topological polar surface area (TPSA) is 43.8 Å². The van der Waals surface area contributed by atoms with Crippen LogP contribution in [-0.4, -0.2) is 9.78 Å². The second-order valence-corrected chi connectivity index (χ2v) is 4.07. The van der Waals surface area contributed by atoms with E-state index in [1.54, 1.807) is 4.68 Å². The summed E-state index contributed by atoms with van der Waals surface area (Å²) in [5.74, 6) is 0. The van der Waals surface area contributed by atoms with Gasteiger partial charge in [0.15, 0.2) is 0 Å². The van der Waals surface area contributed by atoms with Crippen molar-refractivity contribution in [3.63, 3.8) is 0 Å². The molecule has 0 bridgehead atoms. The molecule has 0 saturated heterocycles. The fourth-order valence-corrected chi connectivity index (χ4v) is 1.98. The molecule has 3 nitrogen and oxygen atoms in total. The molecule has 0 amide bonds. The summed E-state index contributed by atoms with van der Waals surface area (Å²) in [6, 6.07) is 12.5. The highest BCUT2D eigenvalue weighted by Gasteiger charge is 2.06. The normalized spacial score (nSPS) is 13.4. The highest BCUT2D eigenvalue weighted by molar-refractivity contribution is 6.04. The molecule has 3 heteroatoms. The summed E-state index contributed by atoms with van der Waals surface area (Å²) in [4.78, 5) is 0. The highest BCUT2D eigenvalue weighted by Crippen LogP contribution is 2.24. The molecular weight excluding hydrogens is 198 g/mol. The maximum atomic E-state index is 5.82. The van der Waals surface area contributed by atoms with Gasteiger partial charge in [0, 0.05) is 17.0 Å². The number of aromatic nitrogens is 2. The van der Waals surface area contributed by atoms with E-state index in [-0.39, 0.29) is 6.17 Å². The number of benzene rings is 2. The van der Waals surface area contributed by atoms with Gasteiger partial charge in [0.2, 0.25) is 0 Å². The molecule has 0 aliphatic heterocycles. The molecule has 1 aromatic heterocycles.